The lowest BCUT2D eigenvalue weighted by Crippen LogP contribution is -2.26. The standard InChI is InChI=1S/C13H18Cl2N2O3S/c14-11-6-10(16)7-12(15)13(11)21(18,19)17-4-1-5-20-8-9-2-3-9/h6-7,9,17H,1-5,8,16H2. The molecule has 5 nitrogen and oxygen atoms in total. The Morgan fingerprint density at radius 1 is 1.29 bits per heavy atom. The van der Waals surface area contributed by atoms with Crippen molar-refractivity contribution in [1.29, 1.82) is 0 Å². The molecule has 0 atom stereocenters. The highest BCUT2D eigenvalue weighted by atomic mass is 35.5. The second kappa shape index (κ2) is 7.15. The van der Waals surface area contributed by atoms with Gasteiger partial charge in [0.2, 0.25) is 10.0 Å². The van der Waals surface area contributed by atoms with Gasteiger partial charge in [-0.15, -0.1) is 0 Å². The van der Waals surface area contributed by atoms with Crippen LogP contribution in [0.2, 0.25) is 10.0 Å². The average molecular weight is 353 g/mol. The average Bonchev–Trinajstić information content (AvgIpc) is 3.15. The van der Waals surface area contributed by atoms with Crippen LogP contribution in [-0.4, -0.2) is 28.2 Å². The van der Waals surface area contributed by atoms with E-state index in [1.165, 1.54) is 25.0 Å². The molecule has 8 heteroatoms. The maximum atomic E-state index is 12.2. The highest BCUT2D eigenvalue weighted by Crippen LogP contribution is 2.31. The fraction of sp³-hybridized carbons (Fsp3) is 0.538. The molecule has 0 aromatic heterocycles. The van der Waals surface area contributed by atoms with Crippen molar-refractivity contribution >= 4 is 38.9 Å². The summed E-state index contributed by atoms with van der Waals surface area (Å²) in [4.78, 5) is -0.140. The van der Waals surface area contributed by atoms with Crippen molar-refractivity contribution in [2.24, 2.45) is 5.92 Å². The first-order chi connectivity index (χ1) is 9.90. The van der Waals surface area contributed by atoms with Crippen molar-refractivity contribution in [3.8, 4) is 0 Å². The van der Waals surface area contributed by atoms with Crippen LogP contribution in [0.4, 0.5) is 5.69 Å². The Labute approximate surface area is 134 Å². The number of hydrogen-bond acceptors (Lipinski definition) is 4. The Kier molecular flexibility index (Phi) is 5.73. The van der Waals surface area contributed by atoms with E-state index in [9.17, 15) is 8.42 Å². The second-order valence-corrected chi connectivity index (χ2v) is 7.60. The van der Waals surface area contributed by atoms with Gasteiger partial charge in [0.05, 0.1) is 10.0 Å². The van der Waals surface area contributed by atoms with E-state index in [0.717, 1.165) is 6.61 Å². The molecule has 0 radical (unpaired) electrons. The van der Waals surface area contributed by atoms with Gasteiger partial charge in [-0.3, -0.25) is 0 Å². The van der Waals surface area contributed by atoms with Gasteiger partial charge in [0.1, 0.15) is 4.90 Å². The van der Waals surface area contributed by atoms with Gasteiger partial charge >= 0.3 is 0 Å². The molecule has 0 spiro atoms. The number of hydrogen-bond donors (Lipinski definition) is 2. The molecule has 0 aliphatic heterocycles. The third kappa shape index (κ3) is 5.00. The summed E-state index contributed by atoms with van der Waals surface area (Å²) in [6.45, 7) is 1.56. The van der Waals surface area contributed by atoms with Gasteiger partial charge in [0.15, 0.2) is 0 Å². The van der Waals surface area contributed by atoms with E-state index < -0.39 is 10.0 Å². The van der Waals surface area contributed by atoms with E-state index in [0.29, 0.717) is 24.6 Å². The van der Waals surface area contributed by atoms with Crippen molar-refractivity contribution in [1.82, 2.24) is 4.72 Å². The number of nitrogens with one attached hydrogen (secondary N) is 1. The van der Waals surface area contributed by atoms with Crippen LogP contribution in [0.1, 0.15) is 19.3 Å². The molecule has 1 aliphatic carbocycles. The summed E-state index contributed by atoms with van der Waals surface area (Å²) in [6.07, 6.45) is 3.07. The van der Waals surface area contributed by atoms with Crippen LogP contribution < -0.4 is 10.5 Å². The van der Waals surface area contributed by atoms with E-state index in [1.54, 1.807) is 0 Å². The highest BCUT2D eigenvalue weighted by molar-refractivity contribution is 7.89. The van der Waals surface area contributed by atoms with Gasteiger partial charge < -0.3 is 10.5 Å². The fourth-order valence-electron chi connectivity index (χ4n) is 1.82. The first-order valence-electron chi connectivity index (χ1n) is 6.72. The van der Waals surface area contributed by atoms with Crippen molar-refractivity contribution < 1.29 is 13.2 Å². The van der Waals surface area contributed by atoms with E-state index in [4.69, 9.17) is 33.7 Å². The summed E-state index contributed by atoms with van der Waals surface area (Å²) in [5.74, 6) is 0.703. The van der Waals surface area contributed by atoms with Crippen LogP contribution in [0.15, 0.2) is 17.0 Å². The van der Waals surface area contributed by atoms with Crippen molar-refractivity contribution in [3.63, 3.8) is 0 Å². The summed E-state index contributed by atoms with van der Waals surface area (Å²) in [7, 11) is -3.75. The minimum absolute atomic E-state index is 0.0116. The predicted molar refractivity (Wildman–Crippen MR) is 84.2 cm³/mol. The molecular weight excluding hydrogens is 335 g/mol. The number of halogens is 2. The molecular formula is C13H18Cl2N2O3S. The SMILES string of the molecule is Nc1cc(Cl)c(S(=O)(=O)NCCCOCC2CC2)c(Cl)c1. The van der Waals surface area contributed by atoms with Gasteiger partial charge in [-0.25, -0.2) is 13.1 Å². The summed E-state index contributed by atoms with van der Waals surface area (Å²) in [5.41, 5.74) is 5.87. The molecule has 1 aromatic rings. The lowest BCUT2D eigenvalue weighted by atomic mass is 10.3. The third-order valence-electron chi connectivity index (χ3n) is 3.10. The molecule has 1 saturated carbocycles. The molecule has 1 aliphatic rings. The van der Waals surface area contributed by atoms with Gasteiger partial charge in [0, 0.05) is 25.4 Å². The number of rotatable bonds is 8. The minimum Gasteiger partial charge on any atom is -0.399 e. The molecule has 118 valence electrons. The quantitative estimate of drug-likeness (QED) is 0.556. The van der Waals surface area contributed by atoms with Gasteiger partial charge in [-0.2, -0.15) is 0 Å². The smallest absolute Gasteiger partial charge is 0.243 e. The summed E-state index contributed by atoms with van der Waals surface area (Å²) < 4.78 is 32.2. The van der Waals surface area contributed by atoms with E-state index >= 15 is 0 Å². The summed E-state index contributed by atoms with van der Waals surface area (Å²) >= 11 is 11.8. The zero-order valence-electron chi connectivity index (χ0n) is 11.4. The summed E-state index contributed by atoms with van der Waals surface area (Å²) in [6, 6.07) is 2.72. The van der Waals surface area contributed by atoms with Crippen LogP contribution in [0, 0.1) is 5.92 Å². The number of anilines is 1. The second-order valence-electron chi connectivity index (χ2n) is 5.08. The Morgan fingerprint density at radius 3 is 2.48 bits per heavy atom. The highest BCUT2D eigenvalue weighted by Gasteiger charge is 2.22. The minimum atomic E-state index is -3.75. The molecule has 0 saturated heterocycles. The van der Waals surface area contributed by atoms with Crippen LogP contribution in [-0.2, 0) is 14.8 Å². The fourth-order valence-corrected chi connectivity index (χ4v) is 4.13. The number of nitrogens with two attached hydrogens (primary N) is 1. The monoisotopic (exact) mass is 352 g/mol. The molecule has 3 N–H and O–H groups in total. The molecule has 21 heavy (non-hydrogen) atoms. The van der Waals surface area contributed by atoms with Gasteiger partial charge in [-0.1, -0.05) is 23.2 Å². The van der Waals surface area contributed by atoms with Gasteiger partial charge in [0.25, 0.3) is 0 Å². The third-order valence-corrected chi connectivity index (χ3v) is 5.48. The number of ether oxygens (including phenoxy) is 1. The zero-order valence-corrected chi connectivity index (χ0v) is 13.8. The molecule has 0 bridgehead atoms. The molecule has 0 heterocycles. The first-order valence-corrected chi connectivity index (χ1v) is 8.96. The number of benzene rings is 1. The van der Waals surface area contributed by atoms with Crippen LogP contribution >= 0.6 is 23.2 Å². The molecule has 0 unspecified atom stereocenters. The van der Waals surface area contributed by atoms with Crippen LogP contribution in [0.3, 0.4) is 0 Å². The van der Waals surface area contributed by atoms with Crippen LogP contribution in [0.25, 0.3) is 0 Å². The first kappa shape index (κ1) is 16.8. The van der Waals surface area contributed by atoms with Crippen molar-refractivity contribution in [2.75, 3.05) is 25.5 Å². The van der Waals surface area contributed by atoms with E-state index in [2.05, 4.69) is 4.72 Å². The topological polar surface area (TPSA) is 81.4 Å². The maximum Gasteiger partial charge on any atom is 0.243 e. The lowest BCUT2D eigenvalue weighted by Gasteiger charge is -2.11. The lowest BCUT2D eigenvalue weighted by molar-refractivity contribution is 0.123. The van der Waals surface area contributed by atoms with Crippen molar-refractivity contribution in [3.05, 3.63) is 22.2 Å². The van der Waals surface area contributed by atoms with Gasteiger partial charge in [-0.05, 0) is 37.3 Å². The summed E-state index contributed by atoms with van der Waals surface area (Å²) in [5, 5.41) is 0.0231. The molecule has 1 aromatic carbocycles. The maximum absolute atomic E-state index is 12.2. The normalized spacial score (nSPS) is 15.3. The zero-order chi connectivity index (χ0) is 15.5. The predicted octanol–water partition coefficient (Wildman–Crippen LogP) is 2.67. The van der Waals surface area contributed by atoms with Crippen LogP contribution in [0.5, 0.6) is 0 Å². The Bertz CT molecular complexity index is 580. The molecule has 1 fully saturated rings. The Morgan fingerprint density at radius 2 is 1.90 bits per heavy atom. The van der Waals surface area contributed by atoms with E-state index in [-0.39, 0.29) is 21.5 Å². The number of nitrogen functional groups attached to an aromatic ring is 1. The molecule has 0 amide bonds. The van der Waals surface area contributed by atoms with Crippen molar-refractivity contribution in [2.45, 2.75) is 24.2 Å². The molecule has 2 rings (SSSR count). The Balaban J connectivity index is 1.86. The van der Waals surface area contributed by atoms with E-state index in [1.807, 2.05) is 0 Å². The largest absolute Gasteiger partial charge is 0.399 e. The Hall–Kier alpha value is -0.530. The number of sulfonamides is 1.